The van der Waals surface area contributed by atoms with Gasteiger partial charge in [0.25, 0.3) is 5.91 Å². The first-order valence-corrected chi connectivity index (χ1v) is 5.29. The number of amides is 1. The fourth-order valence-corrected chi connectivity index (χ4v) is 1.36. The van der Waals surface area contributed by atoms with Gasteiger partial charge < -0.3 is 10.1 Å². The molecule has 0 radical (unpaired) electrons. The Morgan fingerprint density at radius 1 is 1.28 bits per heavy atom. The van der Waals surface area contributed by atoms with Crippen LogP contribution < -0.4 is 10.1 Å². The van der Waals surface area contributed by atoms with Crippen LogP contribution in [0.3, 0.4) is 0 Å². The van der Waals surface area contributed by atoms with E-state index < -0.39 is 0 Å². The second-order valence-electron chi connectivity index (χ2n) is 3.62. The first-order chi connectivity index (χ1) is 8.69. The van der Waals surface area contributed by atoms with Crippen molar-refractivity contribution < 1.29 is 9.53 Å². The molecule has 0 aliphatic heterocycles. The van der Waals surface area contributed by atoms with Crippen molar-refractivity contribution in [3.05, 3.63) is 42.0 Å². The summed E-state index contributed by atoms with van der Waals surface area (Å²) in [6.45, 7) is 1.92. The lowest BCUT2D eigenvalue weighted by Crippen LogP contribution is -2.15. The van der Waals surface area contributed by atoms with Crippen LogP contribution in [-0.4, -0.2) is 28.0 Å². The molecule has 2 heterocycles. The molecule has 2 aromatic heterocycles. The van der Waals surface area contributed by atoms with E-state index in [1.807, 2.05) is 13.0 Å². The number of aromatic nitrogens is 3. The number of aryl methyl sites for hydroxylation is 1. The van der Waals surface area contributed by atoms with Gasteiger partial charge in [-0.1, -0.05) is 0 Å². The van der Waals surface area contributed by atoms with Gasteiger partial charge in [-0.05, 0) is 24.6 Å². The molecule has 6 heteroatoms. The maximum atomic E-state index is 11.9. The molecule has 18 heavy (non-hydrogen) atoms. The van der Waals surface area contributed by atoms with E-state index in [1.165, 1.54) is 19.5 Å². The molecule has 2 rings (SSSR count). The minimum atomic E-state index is -0.353. The molecule has 0 spiro atoms. The van der Waals surface area contributed by atoms with Crippen molar-refractivity contribution in [1.82, 2.24) is 15.0 Å². The summed E-state index contributed by atoms with van der Waals surface area (Å²) >= 11 is 0. The highest BCUT2D eigenvalue weighted by Crippen LogP contribution is 2.09. The number of carbonyl (C=O) groups excluding carboxylic acids is 1. The van der Waals surface area contributed by atoms with E-state index in [4.69, 9.17) is 4.74 Å². The third-order valence-corrected chi connectivity index (χ3v) is 2.24. The van der Waals surface area contributed by atoms with Gasteiger partial charge in [-0.15, -0.1) is 0 Å². The van der Waals surface area contributed by atoms with Crippen LogP contribution in [0.25, 0.3) is 0 Å². The standard InChI is InChI=1S/C12H12N4O2/c1-8-3-4-13-10(5-8)16-12(17)9-6-11(18-2)15-7-14-9/h3-7H,1-2H3,(H,13,16,17). The Labute approximate surface area is 104 Å². The number of rotatable bonds is 3. The summed E-state index contributed by atoms with van der Waals surface area (Å²) in [5, 5.41) is 2.65. The highest BCUT2D eigenvalue weighted by Gasteiger charge is 2.09. The number of methoxy groups -OCH3 is 1. The molecular weight excluding hydrogens is 232 g/mol. The molecule has 92 valence electrons. The highest BCUT2D eigenvalue weighted by atomic mass is 16.5. The fourth-order valence-electron chi connectivity index (χ4n) is 1.36. The predicted molar refractivity (Wildman–Crippen MR) is 65.5 cm³/mol. The zero-order valence-electron chi connectivity index (χ0n) is 10.0. The van der Waals surface area contributed by atoms with Crippen LogP contribution >= 0.6 is 0 Å². The van der Waals surface area contributed by atoms with Crippen LogP contribution in [-0.2, 0) is 0 Å². The van der Waals surface area contributed by atoms with E-state index in [9.17, 15) is 4.79 Å². The summed E-state index contributed by atoms with van der Waals surface area (Å²) in [7, 11) is 1.48. The van der Waals surface area contributed by atoms with Gasteiger partial charge >= 0.3 is 0 Å². The Kier molecular flexibility index (Phi) is 3.47. The van der Waals surface area contributed by atoms with Crippen LogP contribution in [0.4, 0.5) is 5.82 Å². The highest BCUT2D eigenvalue weighted by molar-refractivity contribution is 6.02. The Balaban J connectivity index is 2.16. The largest absolute Gasteiger partial charge is 0.481 e. The molecule has 0 bridgehead atoms. The molecule has 1 amide bonds. The normalized spacial score (nSPS) is 9.89. The number of nitrogens with zero attached hydrogens (tertiary/aromatic N) is 3. The second-order valence-corrected chi connectivity index (χ2v) is 3.62. The van der Waals surface area contributed by atoms with E-state index in [0.29, 0.717) is 11.7 Å². The van der Waals surface area contributed by atoms with Gasteiger partial charge in [0.15, 0.2) is 0 Å². The van der Waals surface area contributed by atoms with E-state index >= 15 is 0 Å². The molecular formula is C12H12N4O2. The quantitative estimate of drug-likeness (QED) is 0.884. The molecule has 0 atom stereocenters. The van der Waals surface area contributed by atoms with Crippen molar-refractivity contribution in [2.45, 2.75) is 6.92 Å². The van der Waals surface area contributed by atoms with Gasteiger partial charge in [-0.3, -0.25) is 4.79 Å². The molecule has 0 saturated carbocycles. The zero-order chi connectivity index (χ0) is 13.0. The van der Waals surface area contributed by atoms with Crippen LogP contribution in [0.5, 0.6) is 5.88 Å². The SMILES string of the molecule is COc1cc(C(=O)Nc2cc(C)ccn2)ncn1. The third-order valence-electron chi connectivity index (χ3n) is 2.24. The van der Waals surface area contributed by atoms with Gasteiger partial charge in [0.05, 0.1) is 7.11 Å². The van der Waals surface area contributed by atoms with Gasteiger partial charge in [0, 0.05) is 12.3 Å². The topological polar surface area (TPSA) is 77.0 Å². The molecule has 2 aromatic rings. The van der Waals surface area contributed by atoms with E-state index in [1.54, 1.807) is 12.3 Å². The Morgan fingerprint density at radius 2 is 2.11 bits per heavy atom. The summed E-state index contributed by atoms with van der Waals surface area (Å²) in [6, 6.07) is 5.09. The smallest absolute Gasteiger partial charge is 0.275 e. The monoisotopic (exact) mass is 244 g/mol. The average Bonchev–Trinajstić information content (AvgIpc) is 2.39. The molecule has 0 aromatic carbocycles. The zero-order valence-corrected chi connectivity index (χ0v) is 10.0. The van der Waals surface area contributed by atoms with Crippen molar-refractivity contribution in [3.8, 4) is 5.88 Å². The van der Waals surface area contributed by atoms with Gasteiger partial charge in [0.1, 0.15) is 17.8 Å². The number of carbonyl (C=O) groups is 1. The number of ether oxygens (including phenoxy) is 1. The molecule has 0 unspecified atom stereocenters. The van der Waals surface area contributed by atoms with Crippen molar-refractivity contribution in [2.75, 3.05) is 12.4 Å². The Hall–Kier alpha value is -2.50. The maximum Gasteiger partial charge on any atom is 0.275 e. The van der Waals surface area contributed by atoms with Crippen molar-refractivity contribution in [1.29, 1.82) is 0 Å². The number of hydrogen-bond donors (Lipinski definition) is 1. The Bertz CT molecular complexity index is 572. The molecule has 0 saturated heterocycles. The lowest BCUT2D eigenvalue weighted by molar-refractivity contribution is 0.102. The van der Waals surface area contributed by atoms with E-state index in [-0.39, 0.29) is 11.6 Å². The summed E-state index contributed by atoms with van der Waals surface area (Å²) in [6.07, 6.45) is 2.91. The summed E-state index contributed by atoms with van der Waals surface area (Å²) in [5.74, 6) is 0.471. The summed E-state index contributed by atoms with van der Waals surface area (Å²) in [4.78, 5) is 23.6. The number of anilines is 1. The van der Waals surface area contributed by atoms with Crippen molar-refractivity contribution >= 4 is 11.7 Å². The third kappa shape index (κ3) is 2.79. The van der Waals surface area contributed by atoms with E-state index in [0.717, 1.165) is 5.56 Å². The molecule has 0 fully saturated rings. The lowest BCUT2D eigenvalue weighted by atomic mass is 10.3. The number of nitrogens with one attached hydrogen (secondary N) is 1. The van der Waals surface area contributed by atoms with Gasteiger partial charge in [-0.25, -0.2) is 15.0 Å². The summed E-state index contributed by atoms with van der Waals surface area (Å²) in [5.41, 5.74) is 1.24. The van der Waals surface area contributed by atoms with Crippen LogP contribution in [0.15, 0.2) is 30.7 Å². The van der Waals surface area contributed by atoms with Crippen molar-refractivity contribution in [2.24, 2.45) is 0 Å². The van der Waals surface area contributed by atoms with E-state index in [2.05, 4.69) is 20.3 Å². The lowest BCUT2D eigenvalue weighted by Gasteiger charge is -2.05. The van der Waals surface area contributed by atoms with Gasteiger partial charge in [-0.2, -0.15) is 0 Å². The second kappa shape index (κ2) is 5.22. The average molecular weight is 244 g/mol. The van der Waals surface area contributed by atoms with Crippen molar-refractivity contribution in [3.63, 3.8) is 0 Å². The van der Waals surface area contributed by atoms with Crippen LogP contribution in [0, 0.1) is 6.92 Å². The Morgan fingerprint density at radius 3 is 2.83 bits per heavy atom. The molecule has 1 N–H and O–H groups in total. The minimum absolute atomic E-state index is 0.227. The molecule has 0 aliphatic carbocycles. The first kappa shape index (κ1) is 12.0. The maximum absolute atomic E-state index is 11.9. The molecule has 0 aliphatic rings. The van der Waals surface area contributed by atoms with Gasteiger partial charge in [0.2, 0.25) is 5.88 Å². The summed E-state index contributed by atoms with van der Waals surface area (Å²) < 4.78 is 4.93. The first-order valence-electron chi connectivity index (χ1n) is 5.29. The van der Waals surface area contributed by atoms with Crippen LogP contribution in [0.2, 0.25) is 0 Å². The minimum Gasteiger partial charge on any atom is -0.481 e. The number of pyridine rings is 1. The van der Waals surface area contributed by atoms with Crippen LogP contribution in [0.1, 0.15) is 16.1 Å². The predicted octanol–water partition coefficient (Wildman–Crippen LogP) is 1.44. The molecule has 6 nitrogen and oxygen atoms in total. The number of hydrogen-bond acceptors (Lipinski definition) is 5. The fraction of sp³-hybridized carbons (Fsp3) is 0.167.